The zero-order valence-corrected chi connectivity index (χ0v) is 17.5. The van der Waals surface area contributed by atoms with Crippen LogP contribution in [0.2, 0.25) is 0 Å². The first-order valence-corrected chi connectivity index (χ1v) is 10.2. The molecule has 5 heteroatoms. The summed E-state index contributed by atoms with van der Waals surface area (Å²) in [4.78, 5) is 24.3. The first kappa shape index (κ1) is 20.9. The van der Waals surface area contributed by atoms with Crippen molar-refractivity contribution in [1.82, 2.24) is 5.32 Å². The van der Waals surface area contributed by atoms with Gasteiger partial charge < -0.3 is 15.4 Å². The molecule has 0 spiro atoms. The molecule has 1 heterocycles. The van der Waals surface area contributed by atoms with Gasteiger partial charge in [0.15, 0.2) is 0 Å². The van der Waals surface area contributed by atoms with Crippen molar-refractivity contribution in [1.29, 1.82) is 0 Å². The second-order valence-corrected chi connectivity index (χ2v) is 8.56. The van der Waals surface area contributed by atoms with Gasteiger partial charge in [0, 0.05) is 18.0 Å². The number of hydrogen-bond donors (Lipinski definition) is 2. The van der Waals surface area contributed by atoms with Crippen molar-refractivity contribution >= 4 is 17.5 Å². The highest BCUT2D eigenvalue weighted by Crippen LogP contribution is 2.27. The summed E-state index contributed by atoms with van der Waals surface area (Å²) in [7, 11) is 0. The number of carbonyl (C=O) groups is 2. The average molecular weight is 395 g/mol. The lowest BCUT2D eigenvalue weighted by atomic mass is 9.87. The Kier molecular flexibility index (Phi) is 6.57. The van der Waals surface area contributed by atoms with E-state index in [0.29, 0.717) is 32.4 Å². The number of hydrogen-bond acceptors (Lipinski definition) is 3. The molecule has 3 rings (SSSR count). The lowest BCUT2D eigenvalue weighted by molar-refractivity contribution is -0.122. The molecule has 0 aromatic heterocycles. The normalized spacial score (nSPS) is 16.0. The Morgan fingerprint density at radius 3 is 2.59 bits per heavy atom. The van der Waals surface area contributed by atoms with Crippen LogP contribution in [0.1, 0.15) is 44.7 Å². The molecule has 2 N–H and O–H groups in total. The third-order valence-electron chi connectivity index (χ3n) is 5.25. The second-order valence-electron chi connectivity index (χ2n) is 8.56. The maximum atomic E-state index is 12.2. The molecule has 0 saturated carbocycles. The fraction of sp³-hybridized carbons (Fsp3) is 0.417. The van der Waals surface area contributed by atoms with E-state index in [1.807, 2.05) is 36.4 Å². The standard InChI is InChI=1S/C24H30N2O3/c1-24(2,3)19-9-11-20(12-10-19)29-15-14-25-22(27)13-8-18-16-17-6-4-5-7-21(17)26-23(18)28/h4-7,9-12,18H,8,13-16H2,1-3H3,(H,25,27)(H,26,28). The first-order valence-electron chi connectivity index (χ1n) is 10.2. The van der Waals surface area contributed by atoms with Crippen LogP contribution in [0.4, 0.5) is 5.69 Å². The minimum Gasteiger partial charge on any atom is -0.492 e. The van der Waals surface area contributed by atoms with E-state index in [4.69, 9.17) is 4.74 Å². The number of ether oxygens (including phenoxy) is 1. The van der Waals surface area contributed by atoms with Crippen LogP contribution < -0.4 is 15.4 Å². The second kappa shape index (κ2) is 9.12. The Morgan fingerprint density at radius 1 is 1.14 bits per heavy atom. The summed E-state index contributed by atoms with van der Waals surface area (Å²) >= 11 is 0. The molecule has 1 unspecified atom stereocenters. The molecule has 0 radical (unpaired) electrons. The molecule has 2 aromatic rings. The molecule has 1 atom stereocenters. The predicted octanol–water partition coefficient (Wildman–Crippen LogP) is 4.07. The molecule has 1 aliphatic rings. The quantitative estimate of drug-likeness (QED) is 0.696. The van der Waals surface area contributed by atoms with Crippen LogP contribution in [0.3, 0.4) is 0 Å². The van der Waals surface area contributed by atoms with Gasteiger partial charge in [0.2, 0.25) is 11.8 Å². The number of amides is 2. The highest BCUT2D eigenvalue weighted by molar-refractivity contribution is 5.96. The van der Waals surface area contributed by atoms with E-state index in [1.54, 1.807) is 0 Å². The molecule has 5 nitrogen and oxygen atoms in total. The van der Waals surface area contributed by atoms with Gasteiger partial charge in [-0.25, -0.2) is 0 Å². The molecule has 0 fully saturated rings. The van der Waals surface area contributed by atoms with Gasteiger partial charge in [-0.1, -0.05) is 51.1 Å². The number of para-hydroxylation sites is 1. The van der Waals surface area contributed by atoms with Crippen LogP contribution in [-0.2, 0) is 21.4 Å². The predicted molar refractivity (Wildman–Crippen MR) is 115 cm³/mol. The monoisotopic (exact) mass is 394 g/mol. The van der Waals surface area contributed by atoms with E-state index in [9.17, 15) is 9.59 Å². The SMILES string of the molecule is CC(C)(C)c1ccc(OCCNC(=O)CCC2Cc3ccccc3NC2=O)cc1. The van der Waals surface area contributed by atoms with Crippen LogP contribution in [0.15, 0.2) is 48.5 Å². The Balaban J connectivity index is 1.36. The van der Waals surface area contributed by atoms with E-state index in [1.165, 1.54) is 5.56 Å². The van der Waals surface area contributed by atoms with E-state index in [-0.39, 0.29) is 23.1 Å². The van der Waals surface area contributed by atoms with Crippen molar-refractivity contribution in [2.75, 3.05) is 18.5 Å². The fourth-order valence-electron chi connectivity index (χ4n) is 3.45. The number of carbonyl (C=O) groups excluding carboxylic acids is 2. The molecule has 2 amide bonds. The Hall–Kier alpha value is -2.82. The number of nitrogens with one attached hydrogen (secondary N) is 2. The van der Waals surface area contributed by atoms with Crippen molar-refractivity contribution in [2.45, 2.75) is 45.4 Å². The highest BCUT2D eigenvalue weighted by atomic mass is 16.5. The van der Waals surface area contributed by atoms with Crippen molar-refractivity contribution in [2.24, 2.45) is 5.92 Å². The summed E-state index contributed by atoms with van der Waals surface area (Å²) in [6.07, 6.45) is 1.56. The molecular weight excluding hydrogens is 364 g/mol. The van der Waals surface area contributed by atoms with E-state index >= 15 is 0 Å². The maximum absolute atomic E-state index is 12.2. The maximum Gasteiger partial charge on any atom is 0.227 e. The minimum atomic E-state index is -0.159. The Bertz CT molecular complexity index is 853. The minimum absolute atomic E-state index is 0.00135. The van der Waals surface area contributed by atoms with Gasteiger partial charge in [-0.3, -0.25) is 9.59 Å². The van der Waals surface area contributed by atoms with Crippen LogP contribution >= 0.6 is 0 Å². The average Bonchev–Trinajstić information content (AvgIpc) is 2.69. The van der Waals surface area contributed by atoms with E-state index in [2.05, 4.69) is 43.5 Å². The summed E-state index contributed by atoms with van der Waals surface area (Å²) in [6, 6.07) is 15.9. The van der Waals surface area contributed by atoms with Gasteiger partial charge in [-0.05, 0) is 47.6 Å². The zero-order valence-electron chi connectivity index (χ0n) is 17.5. The number of benzene rings is 2. The van der Waals surface area contributed by atoms with Gasteiger partial charge in [0.05, 0.1) is 6.54 Å². The van der Waals surface area contributed by atoms with E-state index in [0.717, 1.165) is 17.0 Å². The van der Waals surface area contributed by atoms with Crippen LogP contribution in [0.5, 0.6) is 5.75 Å². The molecule has 0 aliphatic carbocycles. The van der Waals surface area contributed by atoms with Gasteiger partial charge in [0.1, 0.15) is 12.4 Å². The summed E-state index contributed by atoms with van der Waals surface area (Å²) in [6.45, 7) is 7.38. The van der Waals surface area contributed by atoms with Crippen LogP contribution in [0.25, 0.3) is 0 Å². The summed E-state index contributed by atoms with van der Waals surface area (Å²) in [5.41, 5.74) is 3.38. The van der Waals surface area contributed by atoms with Gasteiger partial charge in [0.25, 0.3) is 0 Å². The van der Waals surface area contributed by atoms with Crippen molar-refractivity contribution in [3.8, 4) is 5.75 Å². The third kappa shape index (κ3) is 5.83. The lowest BCUT2D eigenvalue weighted by Gasteiger charge is -2.24. The molecule has 29 heavy (non-hydrogen) atoms. The molecule has 0 saturated heterocycles. The summed E-state index contributed by atoms with van der Waals surface area (Å²) in [5, 5.41) is 5.79. The molecule has 154 valence electrons. The highest BCUT2D eigenvalue weighted by Gasteiger charge is 2.26. The van der Waals surface area contributed by atoms with Gasteiger partial charge >= 0.3 is 0 Å². The Labute approximate surface area is 172 Å². The Morgan fingerprint density at radius 2 is 1.86 bits per heavy atom. The molecule has 0 bridgehead atoms. The van der Waals surface area contributed by atoms with Crippen molar-refractivity contribution in [3.05, 3.63) is 59.7 Å². The topological polar surface area (TPSA) is 67.4 Å². The molecular formula is C24H30N2O3. The van der Waals surface area contributed by atoms with Gasteiger partial charge in [-0.2, -0.15) is 0 Å². The smallest absolute Gasteiger partial charge is 0.227 e. The van der Waals surface area contributed by atoms with Gasteiger partial charge in [-0.15, -0.1) is 0 Å². The largest absolute Gasteiger partial charge is 0.492 e. The summed E-state index contributed by atoms with van der Waals surface area (Å²) < 4.78 is 5.70. The first-order chi connectivity index (χ1) is 13.8. The fourth-order valence-corrected chi connectivity index (χ4v) is 3.45. The molecule has 1 aliphatic heterocycles. The van der Waals surface area contributed by atoms with Crippen LogP contribution in [0, 0.1) is 5.92 Å². The lowest BCUT2D eigenvalue weighted by Crippen LogP contribution is -2.32. The zero-order chi connectivity index (χ0) is 20.9. The third-order valence-corrected chi connectivity index (χ3v) is 5.25. The van der Waals surface area contributed by atoms with Crippen molar-refractivity contribution in [3.63, 3.8) is 0 Å². The van der Waals surface area contributed by atoms with Crippen molar-refractivity contribution < 1.29 is 14.3 Å². The van der Waals surface area contributed by atoms with Crippen LogP contribution in [-0.4, -0.2) is 25.0 Å². The summed E-state index contributed by atoms with van der Waals surface area (Å²) in [5.74, 6) is 0.583. The molecule has 2 aromatic carbocycles. The number of anilines is 1. The number of fused-ring (bicyclic) bond motifs is 1. The van der Waals surface area contributed by atoms with E-state index < -0.39 is 0 Å². The number of rotatable bonds is 7.